The zero-order valence-corrected chi connectivity index (χ0v) is 15.2. The van der Waals surface area contributed by atoms with Crippen molar-refractivity contribution in [3.63, 3.8) is 0 Å². The number of nitrogens with two attached hydrogens (primary N) is 1. The molecule has 0 fully saturated rings. The Morgan fingerprint density at radius 3 is 3.00 bits per heavy atom. The SMILES string of the molecule is Cn1cc2c(n1)-c1cccc(c1)OCCCCC[C@@H](C(O)C(N)=O)NC2=O. The van der Waals surface area contributed by atoms with E-state index >= 15 is 0 Å². The molecule has 8 nitrogen and oxygen atoms in total. The van der Waals surface area contributed by atoms with Gasteiger partial charge in [-0.2, -0.15) is 5.10 Å². The average molecular weight is 372 g/mol. The molecular formula is C19H24N4O4. The van der Waals surface area contributed by atoms with Gasteiger partial charge >= 0.3 is 0 Å². The van der Waals surface area contributed by atoms with Crippen molar-refractivity contribution < 1.29 is 19.4 Å². The minimum Gasteiger partial charge on any atom is -0.494 e. The molecule has 0 saturated carbocycles. The molecule has 3 rings (SSSR count). The first-order valence-corrected chi connectivity index (χ1v) is 9.01. The summed E-state index contributed by atoms with van der Waals surface area (Å²) in [5, 5.41) is 17.3. The fraction of sp³-hybridized carbons (Fsp3) is 0.421. The van der Waals surface area contributed by atoms with Crippen molar-refractivity contribution in [3.8, 4) is 17.0 Å². The van der Waals surface area contributed by atoms with E-state index in [4.69, 9.17) is 10.5 Å². The monoisotopic (exact) mass is 372 g/mol. The molecule has 27 heavy (non-hydrogen) atoms. The molecule has 1 unspecified atom stereocenters. The summed E-state index contributed by atoms with van der Waals surface area (Å²) in [7, 11) is 1.73. The second-order valence-electron chi connectivity index (χ2n) is 6.72. The van der Waals surface area contributed by atoms with E-state index in [0.29, 0.717) is 24.3 Å². The first-order valence-electron chi connectivity index (χ1n) is 9.01. The van der Waals surface area contributed by atoms with Crippen LogP contribution in [0.2, 0.25) is 0 Å². The lowest BCUT2D eigenvalue weighted by atomic mass is 10.0. The zero-order valence-electron chi connectivity index (χ0n) is 15.2. The van der Waals surface area contributed by atoms with E-state index in [-0.39, 0.29) is 0 Å². The van der Waals surface area contributed by atoms with E-state index in [1.54, 1.807) is 17.9 Å². The maximum atomic E-state index is 12.9. The zero-order chi connectivity index (χ0) is 19.4. The molecule has 4 N–H and O–H groups in total. The largest absolute Gasteiger partial charge is 0.494 e. The van der Waals surface area contributed by atoms with Gasteiger partial charge in [0.1, 0.15) is 11.4 Å². The van der Waals surface area contributed by atoms with Crippen LogP contribution in [0.15, 0.2) is 30.5 Å². The van der Waals surface area contributed by atoms with Gasteiger partial charge in [0.05, 0.1) is 18.2 Å². The maximum Gasteiger partial charge on any atom is 0.255 e. The number of carbonyl (C=O) groups is 2. The van der Waals surface area contributed by atoms with Gasteiger partial charge in [0.2, 0.25) is 5.91 Å². The van der Waals surface area contributed by atoms with Gasteiger partial charge in [0, 0.05) is 18.8 Å². The lowest BCUT2D eigenvalue weighted by Crippen LogP contribution is -2.49. The molecule has 1 aromatic heterocycles. The highest BCUT2D eigenvalue weighted by Crippen LogP contribution is 2.26. The van der Waals surface area contributed by atoms with Gasteiger partial charge in [-0.3, -0.25) is 14.3 Å². The Bertz CT molecular complexity index is 833. The van der Waals surface area contributed by atoms with Crippen molar-refractivity contribution >= 4 is 11.8 Å². The summed E-state index contributed by atoms with van der Waals surface area (Å²) in [6.07, 6.45) is 3.00. The highest BCUT2D eigenvalue weighted by molar-refractivity contribution is 6.00. The summed E-state index contributed by atoms with van der Waals surface area (Å²) in [4.78, 5) is 24.3. The van der Waals surface area contributed by atoms with Gasteiger partial charge in [-0.25, -0.2) is 0 Å². The Labute approximate surface area is 157 Å². The molecule has 0 radical (unpaired) electrons. The summed E-state index contributed by atoms with van der Waals surface area (Å²) < 4.78 is 7.34. The van der Waals surface area contributed by atoms with Crippen molar-refractivity contribution in [3.05, 3.63) is 36.0 Å². The molecule has 2 aromatic rings. The Morgan fingerprint density at radius 1 is 1.41 bits per heavy atom. The average Bonchev–Trinajstić information content (AvgIpc) is 3.04. The second-order valence-corrected chi connectivity index (χ2v) is 6.72. The third-order valence-electron chi connectivity index (χ3n) is 4.60. The summed E-state index contributed by atoms with van der Waals surface area (Å²) in [6, 6.07) is 6.68. The van der Waals surface area contributed by atoms with E-state index in [9.17, 15) is 14.7 Å². The Kier molecular flexibility index (Phi) is 5.75. The van der Waals surface area contributed by atoms with Crippen LogP contribution >= 0.6 is 0 Å². The van der Waals surface area contributed by atoms with E-state index in [2.05, 4.69) is 10.4 Å². The molecular weight excluding hydrogens is 348 g/mol. The molecule has 2 amide bonds. The molecule has 8 heteroatoms. The van der Waals surface area contributed by atoms with Crippen LogP contribution in [0.4, 0.5) is 0 Å². The van der Waals surface area contributed by atoms with E-state index < -0.39 is 24.0 Å². The molecule has 144 valence electrons. The topological polar surface area (TPSA) is 119 Å². The third-order valence-corrected chi connectivity index (χ3v) is 4.60. The first kappa shape index (κ1) is 18.9. The quantitative estimate of drug-likeness (QED) is 0.726. The van der Waals surface area contributed by atoms with Crippen LogP contribution in [0.1, 0.15) is 36.0 Å². The predicted octanol–water partition coefficient (Wildman–Crippen LogP) is 0.984. The van der Waals surface area contributed by atoms with Gasteiger partial charge in [-0.05, 0) is 31.4 Å². The number of aryl methyl sites for hydroxylation is 1. The third kappa shape index (κ3) is 4.46. The lowest BCUT2D eigenvalue weighted by molar-refractivity contribution is -0.127. The highest BCUT2D eigenvalue weighted by atomic mass is 16.5. The molecule has 0 aliphatic carbocycles. The maximum absolute atomic E-state index is 12.9. The number of amides is 2. The van der Waals surface area contributed by atoms with Crippen molar-refractivity contribution in [1.82, 2.24) is 15.1 Å². The number of rotatable bonds is 2. The molecule has 1 aliphatic heterocycles. The first-order chi connectivity index (χ1) is 13.0. The van der Waals surface area contributed by atoms with Gasteiger partial charge in [0.25, 0.3) is 5.91 Å². The molecule has 2 heterocycles. The summed E-state index contributed by atoms with van der Waals surface area (Å²) >= 11 is 0. The summed E-state index contributed by atoms with van der Waals surface area (Å²) in [6.45, 7) is 0.563. The fourth-order valence-electron chi connectivity index (χ4n) is 3.19. The number of aromatic nitrogens is 2. The van der Waals surface area contributed by atoms with Crippen LogP contribution in [0.3, 0.4) is 0 Å². The number of ether oxygens (including phenoxy) is 1. The van der Waals surface area contributed by atoms with Gasteiger partial charge < -0.3 is 20.9 Å². The number of primary amides is 1. The number of benzene rings is 1. The van der Waals surface area contributed by atoms with Crippen molar-refractivity contribution in [2.75, 3.05) is 6.61 Å². The van der Waals surface area contributed by atoms with E-state index in [0.717, 1.165) is 30.6 Å². The molecule has 2 atom stereocenters. The number of fused-ring (bicyclic) bond motifs is 4. The fourth-order valence-corrected chi connectivity index (χ4v) is 3.19. The highest BCUT2D eigenvalue weighted by Gasteiger charge is 2.27. The number of hydrogen-bond donors (Lipinski definition) is 3. The minimum absolute atomic E-state index is 0.355. The van der Waals surface area contributed by atoms with Gasteiger partial charge in [-0.15, -0.1) is 0 Å². The lowest BCUT2D eigenvalue weighted by Gasteiger charge is -2.22. The molecule has 1 aliphatic rings. The molecule has 1 aromatic carbocycles. The summed E-state index contributed by atoms with van der Waals surface area (Å²) in [5.74, 6) is -0.542. The second kappa shape index (κ2) is 8.22. The number of aliphatic hydroxyl groups excluding tert-OH is 1. The van der Waals surface area contributed by atoms with E-state index in [1.165, 1.54) is 0 Å². The standard InChI is InChI=1S/C19H24N4O4/c1-23-11-14-16(22-23)12-6-5-7-13(10-12)27-9-4-2-3-8-15(21-19(14)26)17(24)18(20)25/h5-7,10-11,15,17,24H,2-4,8-9H2,1H3,(H2,20,25)(H,21,26)/t15-,17?/m0/s1. The van der Waals surface area contributed by atoms with Crippen LogP contribution < -0.4 is 15.8 Å². The van der Waals surface area contributed by atoms with Crippen LogP contribution in [-0.4, -0.2) is 45.5 Å². The van der Waals surface area contributed by atoms with Crippen LogP contribution in [0.25, 0.3) is 11.3 Å². The minimum atomic E-state index is -1.44. The van der Waals surface area contributed by atoms with Gasteiger partial charge in [-0.1, -0.05) is 18.6 Å². The molecule has 0 saturated heterocycles. The number of aliphatic hydroxyl groups is 1. The van der Waals surface area contributed by atoms with Crippen LogP contribution in [0, 0.1) is 0 Å². The normalized spacial score (nSPS) is 19.2. The molecule has 0 spiro atoms. The molecule has 2 bridgehead atoms. The number of nitrogens with zero attached hydrogens (tertiary/aromatic N) is 2. The Balaban J connectivity index is 1.98. The van der Waals surface area contributed by atoms with Crippen molar-refractivity contribution in [1.29, 1.82) is 0 Å². The Hall–Kier alpha value is -2.87. The predicted molar refractivity (Wildman–Crippen MR) is 99.1 cm³/mol. The van der Waals surface area contributed by atoms with Crippen molar-refractivity contribution in [2.45, 2.75) is 37.8 Å². The smallest absolute Gasteiger partial charge is 0.255 e. The number of nitrogens with one attached hydrogen (secondary N) is 1. The van der Waals surface area contributed by atoms with Gasteiger partial charge in [0.15, 0.2) is 6.10 Å². The van der Waals surface area contributed by atoms with Crippen LogP contribution in [0.5, 0.6) is 5.75 Å². The van der Waals surface area contributed by atoms with Crippen molar-refractivity contribution in [2.24, 2.45) is 12.8 Å². The summed E-state index contributed by atoms with van der Waals surface area (Å²) in [5.41, 5.74) is 6.85. The number of hydrogen-bond acceptors (Lipinski definition) is 5. The van der Waals surface area contributed by atoms with E-state index in [1.807, 2.05) is 24.3 Å². The number of carbonyl (C=O) groups excluding carboxylic acids is 2. The van der Waals surface area contributed by atoms with Crippen LogP contribution in [-0.2, 0) is 11.8 Å². The Morgan fingerprint density at radius 2 is 2.22 bits per heavy atom.